The first-order chi connectivity index (χ1) is 8.72. The molecule has 0 saturated carbocycles. The number of aryl methyl sites for hydroxylation is 2. The van der Waals surface area contributed by atoms with Crippen LogP contribution in [0.2, 0.25) is 0 Å². The topological polar surface area (TPSA) is 44.5 Å². The van der Waals surface area contributed by atoms with Gasteiger partial charge in [-0.25, -0.2) is 0 Å². The Balaban J connectivity index is 3.29. The zero-order valence-electron chi connectivity index (χ0n) is 13.2. The van der Waals surface area contributed by atoms with E-state index in [1.54, 1.807) is 14.2 Å². The minimum absolute atomic E-state index is 0.0312. The average molecular weight is 265 g/mol. The largest absolute Gasteiger partial charge is 0.496 e. The molecule has 0 saturated heterocycles. The van der Waals surface area contributed by atoms with E-state index in [1.807, 2.05) is 6.07 Å². The first kappa shape index (κ1) is 16.0. The Morgan fingerprint density at radius 1 is 1.11 bits per heavy atom. The molecular formula is C16H27NO2. The Labute approximate surface area is 117 Å². The fourth-order valence-corrected chi connectivity index (χ4v) is 2.73. The molecule has 0 fully saturated rings. The van der Waals surface area contributed by atoms with Crippen LogP contribution in [-0.4, -0.2) is 20.3 Å². The van der Waals surface area contributed by atoms with Crippen LogP contribution in [0.25, 0.3) is 0 Å². The van der Waals surface area contributed by atoms with Crippen molar-refractivity contribution >= 4 is 0 Å². The second-order valence-electron chi connectivity index (χ2n) is 6.25. The molecule has 0 aromatic heterocycles. The zero-order chi connectivity index (χ0) is 14.8. The summed E-state index contributed by atoms with van der Waals surface area (Å²) in [6.07, 6.45) is -0.0668. The van der Waals surface area contributed by atoms with Gasteiger partial charge in [-0.1, -0.05) is 26.8 Å². The third kappa shape index (κ3) is 3.48. The van der Waals surface area contributed by atoms with Crippen LogP contribution in [-0.2, 0) is 4.74 Å². The molecule has 19 heavy (non-hydrogen) atoms. The smallest absolute Gasteiger partial charge is 0.124 e. The first-order valence-electron chi connectivity index (χ1n) is 6.66. The van der Waals surface area contributed by atoms with Gasteiger partial charge in [0.25, 0.3) is 0 Å². The summed E-state index contributed by atoms with van der Waals surface area (Å²) in [7, 11) is 3.40. The molecule has 2 atom stereocenters. The predicted molar refractivity (Wildman–Crippen MR) is 79.6 cm³/mol. The van der Waals surface area contributed by atoms with Crippen LogP contribution in [0.4, 0.5) is 0 Å². The maximum atomic E-state index is 6.46. The summed E-state index contributed by atoms with van der Waals surface area (Å²) in [5.74, 6) is 0.844. The fourth-order valence-electron chi connectivity index (χ4n) is 2.73. The number of rotatable bonds is 4. The number of nitrogens with two attached hydrogens (primary N) is 1. The molecule has 0 heterocycles. The Morgan fingerprint density at radius 2 is 1.68 bits per heavy atom. The molecule has 1 aromatic rings. The average Bonchev–Trinajstić information content (AvgIpc) is 2.26. The second kappa shape index (κ2) is 5.93. The molecular weight excluding hydrogens is 238 g/mol. The molecule has 0 aliphatic heterocycles. The van der Waals surface area contributed by atoms with E-state index in [1.165, 1.54) is 5.56 Å². The van der Waals surface area contributed by atoms with E-state index in [0.717, 1.165) is 16.9 Å². The lowest BCUT2D eigenvalue weighted by Crippen LogP contribution is -2.39. The summed E-state index contributed by atoms with van der Waals surface area (Å²) in [5, 5.41) is 0. The standard InChI is InChI=1S/C16H27NO2/c1-10-8-11(2)13(12(9-10)18-6)14(17)15(19-7)16(3,4)5/h8-9,14-15H,17H2,1-7H3. The van der Waals surface area contributed by atoms with E-state index in [2.05, 4.69) is 40.7 Å². The normalized spacial score (nSPS) is 15.2. The van der Waals surface area contributed by atoms with Crippen molar-refractivity contribution in [2.45, 2.75) is 46.8 Å². The first-order valence-corrected chi connectivity index (χ1v) is 6.66. The highest BCUT2D eigenvalue weighted by Gasteiger charge is 2.33. The molecule has 0 aliphatic carbocycles. The lowest BCUT2D eigenvalue weighted by Gasteiger charge is -2.35. The molecule has 2 N–H and O–H groups in total. The lowest BCUT2D eigenvalue weighted by atomic mass is 9.81. The van der Waals surface area contributed by atoms with Crippen LogP contribution in [0.3, 0.4) is 0 Å². The van der Waals surface area contributed by atoms with E-state index in [9.17, 15) is 0 Å². The van der Waals surface area contributed by atoms with E-state index in [4.69, 9.17) is 15.2 Å². The Morgan fingerprint density at radius 3 is 2.11 bits per heavy atom. The number of ether oxygens (including phenoxy) is 2. The molecule has 3 nitrogen and oxygen atoms in total. The fraction of sp³-hybridized carbons (Fsp3) is 0.625. The van der Waals surface area contributed by atoms with Crippen molar-refractivity contribution in [3.05, 3.63) is 28.8 Å². The quantitative estimate of drug-likeness (QED) is 0.907. The van der Waals surface area contributed by atoms with Gasteiger partial charge in [0.2, 0.25) is 0 Å². The monoisotopic (exact) mass is 265 g/mol. The van der Waals surface area contributed by atoms with Crippen molar-refractivity contribution in [1.82, 2.24) is 0 Å². The van der Waals surface area contributed by atoms with Gasteiger partial charge in [0.05, 0.1) is 19.3 Å². The summed E-state index contributed by atoms with van der Waals surface area (Å²) >= 11 is 0. The SMILES string of the molecule is COc1cc(C)cc(C)c1C(N)C(OC)C(C)(C)C. The van der Waals surface area contributed by atoms with Gasteiger partial charge in [-0.05, 0) is 36.5 Å². The van der Waals surface area contributed by atoms with Crippen molar-refractivity contribution in [2.75, 3.05) is 14.2 Å². The minimum Gasteiger partial charge on any atom is -0.496 e. The third-order valence-corrected chi connectivity index (χ3v) is 3.48. The van der Waals surface area contributed by atoms with Gasteiger partial charge in [-0.2, -0.15) is 0 Å². The van der Waals surface area contributed by atoms with Gasteiger partial charge in [-0.3, -0.25) is 0 Å². The molecule has 0 aliphatic rings. The van der Waals surface area contributed by atoms with Gasteiger partial charge in [0.1, 0.15) is 5.75 Å². The van der Waals surface area contributed by atoms with Gasteiger partial charge in [-0.15, -0.1) is 0 Å². The van der Waals surface area contributed by atoms with Gasteiger partial charge in [0.15, 0.2) is 0 Å². The molecule has 0 bridgehead atoms. The number of hydrogen-bond donors (Lipinski definition) is 1. The number of hydrogen-bond acceptors (Lipinski definition) is 3. The third-order valence-electron chi connectivity index (χ3n) is 3.48. The second-order valence-corrected chi connectivity index (χ2v) is 6.25. The van der Waals surface area contributed by atoms with E-state index >= 15 is 0 Å². The Bertz CT molecular complexity index is 435. The highest BCUT2D eigenvalue weighted by molar-refractivity contribution is 5.45. The lowest BCUT2D eigenvalue weighted by molar-refractivity contribution is -0.00301. The van der Waals surface area contributed by atoms with Gasteiger partial charge in [0, 0.05) is 12.7 Å². The molecule has 0 amide bonds. The Hall–Kier alpha value is -1.06. The highest BCUT2D eigenvalue weighted by Crippen LogP contribution is 2.37. The van der Waals surface area contributed by atoms with Crippen molar-refractivity contribution in [2.24, 2.45) is 11.1 Å². The van der Waals surface area contributed by atoms with Crippen LogP contribution in [0.15, 0.2) is 12.1 Å². The van der Waals surface area contributed by atoms with Crippen LogP contribution < -0.4 is 10.5 Å². The summed E-state index contributed by atoms with van der Waals surface area (Å²) in [6.45, 7) is 10.5. The summed E-state index contributed by atoms with van der Waals surface area (Å²) < 4.78 is 11.1. The van der Waals surface area contributed by atoms with Gasteiger partial charge >= 0.3 is 0 Å². The molecule has 2 unspecified atom stereocenters. The van der Waals surface area contributed by atoms with Crippen LogP contribution in [0, 0.1) is 19.3 Å². The molecule has 0 radical (unpaired) electrons. The van der Waals surface area contributed by atoms with Crippen molar-refractivity contribution in [3.63, 3.8) is 0 Å². The highest BCUT2D eigenvalue weighted by atomic mass is 16.5. The van der Waals surface area contributed by atoms with Crippen molar-refractivity contribution in [3.8, 4) is 5.75 Å². The summed E-state index contributed by atoms with van der Waals surface area (Å²) in [6, 6.07) is 3.95. The molecule has 1 rings (SSSR count). The van der Waals surface area contributed by atoms with Crippen molar-refractivity contribution in [1.29, 1.82) is 0 Å². The molecule has 1 aromatic carbocycles. The maximum Gasteiger partial charge on any atom is 0.124 e. The van der Waals surface area contributed by atoms with Crippen molar-refractivity contribution < 1.29 is 9.47 Å². The number of methoxy groups -OCH3 is 2. The van der Waals surface area contributed by atoms with E-state index in [-0.39, 0.29) is 17.6 Å². The maximum absolute atomic E-state index is 6.46. The van der Waals surface area contributed by atoms with Gasteiger partial charge < -0.3 is 15.2 Å². The van der Waals surface area contributed by atoms with Crippen LogP contribution in [0.5, 0.6) is 5.75 Å². The van der Waals surface area contributed by atoms with E-state index < -0.39 is 0 Å². The predicted octanol–water partition coefficient (Wildman–Crippen LogP) is 3.37. The zero-order valence-corrected chi connectivity index (χ0v) is 13.2. The minimum atomic E-state index is -0.208. The Kier molecular flexibility index (Phi) is 4.99. The molecule has 0 spiro atoms. The molecule has 3 heteroatoms. The summed E-state index contributed by atoms with van der Waals surface area (Å²) in [5.41, 5.74) is 9.79. The molecule has 108 valence electrons. The number of benzene rings is 1. The van der Waals surface area contributed by atoms with Crippen LogP contribution in [0.1, 0.15) is 43.5 Å². The van der Waals surface area contributed by atoms with E-state index in [0.29, 0.717) is 0 Å². The van der Waals surface area contributed by atoms with Crippen LogP contribution >= 0.6 is 0 Å². The summed E-state index contributed by atoms with van der Waals surface area (Å²) in [4.78, 5) is 0.